The second-order valence-electron chi connectivity index (χ2n) is 7.32. The van der Waals surface area contributed by atoms with Gasteiger partial charge in [0.15, 0.2) is 11.5 Å². The maximum atomic E-state index is 5.67. The van der Waals surface area contributed by atoms with E-state index in [0.717, 1.165) is 45.7 Å². The number of hydrogen-bond acceptors (Lipinski definition) is 6. The molecule has 2 rings (SSSR count). The van der Waals surface area contributed by atoms with E-state index < -0.39 is 0 Å². The molecule has 0 unspecified atom stereocenters. The number of nitrogens with zero attached hydrogens (tertiary/aromatic N) is 1. The molecule has 32 heavy (non-hydrogen) atoms. The summed E-state index contributed by atoms with van der Waals surface area (Å²) in [6.07, 6.45) is 14.4. The molecule has 1 aliphatic heterocycles. The van der Waals surface area contributed by atoms with Gasteiger partial charge in [-0.1, -0.05) is 30.4 Å². The van der Waals surface area contributed by atoms with Gasteiger partial charge >= 0.3 is 0 Å². The highest BCUT2D eigenvalue weighted by molar-refractivity contribution is 7.84. The van der Waals surface area contributed by atoms with E-state index >= 15 is 0 Å². The highest BCUT2D eigenvalue weighted by Gasteiger charge is 2.12. The average molecular weight is 455 g/mol. The van der Waals surface area contributed by atoms with Gasteiger partial charge in [0.05, 0.1) is 6.61 Å². The Balaban J connectivity index is 2.04. The summed E-state index contributed by atoms with van der Waals surface area (Å²) in [5.41, 5.74) is 2.03. The zero-order valence-corrected chi connectivity index (χ0v) is 20.3. The van der Waals surface area contributed by atoms with Crippen LogP contribution >= 0.6 is 12.6 Å². The van der Waals surface area contributed by atoms with Gasteiger partial charge in [-0.3, -0.25) is 0 Å². The van der Waals surface area contributed by atoms with E-state index in [2.05, 4.69) is 43.6 Å². The molecule has 1 aliphatic rings. The molecule has 0 amide bonds. The zero-order valence-electron chi connectivity index (χ0n) is 19.4. The number of nitrogens with one attached hydrogen (secondary N) is 1. The number of thiol groups is 1. The van der Waals surface area contributed by atoms with E-state index in [1.807, 2.05) is 68.4 Å². The van der Waals surface area contributed by atoms with Gasteiger partial charge in [0, 0.05) is 25.8 Å². The fourth-order valence-corrected chi connectivity index (χ4v) is 3.19. The summed E-state index contributed by atoms with van der Waals surface area (Å²) in [5.74, 6) is 3.28. The fourth-order valence-electron chi connectivity index (χ4n) is 2.88. The van der Waals surface area contributed by atoms with Crippen molar-refractivity contribution in [2.75, 3.05) is 39.2 Å². The lowest BCUT2D eigenvalue weighted by atomic mass is 10.2. The molecule has 1 heterocycles. The Kier molecular flexibility index (Phi) is 10.6. The fraction of sp³-hybridized carbons (Fsp3) is 0.308. The maximum Gasteiger partial charge on any atom is 0.163 e. The molecule has 0 radical (unpaired) electrons. The number of anilines is 1. The van der Waals surface area contributed by atoms with Crippen molar-refractivity contribution in [1.82, 2.24) is 4.90 Å². The van der Waals surface area contributed by atoms with Crippen LogP contribution in [0.2, 0.25) is 0 Å². The lowest BCUT2D eigenvalue weighted by molar-refractivity contribution is 0.171. The predicted octanol–water partition coefficient (Wildman–Crippen LogP) is 6.09. The Bertz CT molecular complexity index is 927. The standard InChI is InChI=1S/C26H34N2O3S/c1-6-9-22(29-7-2)10-8-11-23(32)18-20(3)12-15-26(28(4)5)27-21-13-14-24-25(19-21)31-17-16-30-24/h6,8-10,12-15,18-19,27,32H,1,7,11,16-17H2,2-5H3/b10-8-,20-12+,22-9+,23-18-,26-15-. The molecule has 0 atom stereocenters. The zero-order chi connectivity index (χ0) is 23.3. The van der Waals surface area contributed by atoms with E-state index in [1.165, 1.54) is 0 Å². The van der Waals surface area contributed by atoms with Crippen molar-refractivity contribution in [3.05, 3.63) is 89.4 Å². The quantitative estimate of drug-likeness (QED) is 0.241. The van der Waals surface area contributed by atoms with Gasteiger partial charge in [0.1, 0.15) is 24.8 Å². The van der Waals surface area contributed by atoms with Crippen LogP contribution in [0.4, 0.5) is 5.69 Å². The predicted molar refractivity (Wildman–Crippen MR) is 137 cm³/mol. The van der Waals surface area contributed by atoms with Gasteiger partial charge < -0.3 is 24.4 Å². The largest absolute Gasteiger partial charge is 0.494 e. The molecule has 0 fully saturated rings. The molecular formula is C26H34N2O3S. The van der Waals surface area contributed by atoms with Crippen molar-refractivity contribution in [1.29, 1.82) is 0 Å². The number of rotatable bonds is 11. The van der Waals surface area contributed by atoms with Crippen LogP contribution in [-0.4, -0.2) is 38.8 Å². The first-order valence-corrected chi connectivity index (χ1v) is 11.1. The molecule has 6 heteroatoms. The highest BCUT2D eigenvalue weighted by Crippen LogP contribution is 2.33. The SMILES string of the molecule is C=C/C=C(\C=C/C/C(S)=C/C(C)=C/C=C(/Nc1ccc2c(c1)OCCO2)N(C)C)OCC. The smallest absolute Gasteiger partial charge is 0.163 e. The van der Waals surface area contributed by atoms with Gasteiger partial charge in [-0.2, -0.15) is 0 Å². The Hall–Kier alpha value is -2.99. The summed E-state index contributed by atoms with van der Waals surface area (Å²) in [7, 11) is 3.99. The number of hydrogen-bond donors (Lipinski definition) is 2. The second-order valence-corrected chi connectivity index (χ2v) is 7.89. The van der Waals surface area contributed by atoms with Crippen molar-refractivity contribution >= 4 is 18.3 Å². The Morgan fingerprint density at radius 3 is 2.62 bits per heavy atom. The van der Waals surface area contributed by atoms with Crippen LogP contribution in [0.1, 0.15) is 20.3 Å². The van der Waals surface area contributed by atoms with Gasteiger partial charge in [-0.15, -0.1) is 12.6 Å². The first-order chi connectivity index (χ1) is 15.4. The van der Waals surface area contributed by atoms with Gasteiger partial charge in [0.25, 0.3) is 0 Å². The summed E-state index contributed by atoms with van der Waals surface area (Å²) < 4.78 is 16.8. The lowest BCUT2D eigenvalue weighted by Crippen LogP contribution is -2.19. The molecule has 1 aromatic rings. The number of allylic oxidation sites excluding steroid dienone is 9. The molecule has 172 valence electrons. The van der Waals surface area contributed by atoms with E-state index in [9.17, 15) is 0 Å². The van der Waals surface area contributed by atoms with Crippen LogP contribution < -0.4 is 14.8 Å². The lowest BCUT2D eigenvalue weighted by Gasteiger charge is -2.22. The first kappa shape index (κ1) is 25.3. The summed E-state index contributed by atoms with van der Waals surface area (Å²) in [6.45, 7) is 9.50. The van der Waals surface area contributed by atoms with E-state index in [1.54, 1.807) is 6.08 Å². The highest BCUT2D eigenvalue weighted by atomic mass is 32.1. The van der Waals surface area contributed by atoms with Crippen LogP contribution in [0, 0.1) is 0 Å². The normalized spacial score (nSPS) is 15.0. The molecule has 1 N–H and O–H groups in total. The minimum atomic E-state index is 0.569. The topological polar surface area (TPSA) is 43.0 Å². The Morgan fingerprint density at radius 1 is 1.19 bits per heavy atom. The minimum absolute atomic E-state index is 0.569. The monoisotopic (exact) mass is 454 g/mol. The molecular weight excluding hydrogens is 420 g/mol. The third-order valence-electron chi connectivity index (χ3n) is 4.40. The van der Waals surface area contributed by atoms with Gasteiger partial charge in [-0.05, 0) is 61.6 Å². The third kappa shape index (κ3) is 8.63. The molecule has 0 aliphatic carbocycles. The van der Waals surface area contributed by atoms with E-state index in [0.29, 0.717) is 19.8 Å². The van der Waals surface area contributed by atoms with Gasteiger partial charge in [-0.25, -0.2) is 0 Å². The van der Waals surface area contributed by atoms with Crippen LogP contribution in [0.3, 0.4) is 0 Å². The molecule has 0 bridgehead atoms. The van der Waals surface area contributed by atoms with Crippen LogP contribution in [0.15, 0.2) is 89.4 Å². The van der Waals surface area contributed by atoms with Crippen molar-refractivity contribution < 1.29 is 14.2 Å². The van der Waals surface area contributed by atoms with Crippen LogP contribution in [-0.2, 0) is 4.74 Å². The molecule has 0 saturated heterocycles. The molecule has 1 aromatic carbocycles. The Labute approximate surface area is 197 Å². The van der Waals surface area contributed by atoms with Crippen molar-refractivity contribution in [2.24, 2.45) is 0 Å². The minimum Gasteiger partial charge on any atom is -0.494 e. The van der Waals surface area contributed by atoms with Crippen molar-refractivity contribution in [3.63, 3.8) is 0 Å². The van der Waals surface area contributed by atoms with E-state index in [-0.39, 0.29) is 0 Å². The summed E-state index contributed by atoms with van der Waals surface area (Å²) >= 11 is 4.60. The van der Waals surface area contributed by atoms with Crippen LogP contribution in [0.25, 0.3) is 0 Å². The van der Waals surface area contributed by atoms with Crippen molar-refractivity contribution in [2.45, 2.75) is 20.3 Å². The number of benzene rings is 1. The Morgan fingerprint density at radius 2 is 1.94 bits per heavy atom. The number of fused-ring (bicyclic) bond motifs is 1. The third-order valence-corrected chi connectivity index (χ3v) is 4.71. The molecule has 0 aromatic heterocycles. The summed E-state index contributed by atoms with van der Waals surface area (Å²) in [6, 6.07) is 5.87. The average Bonchev–Trinajstić information content (AvgIpc) is 2.76. The molecule has 0 saturated carbocycles. The van der Waals surface area contributed by atoms with Crippen molar-refractivity contribution in [3.8, 4) is 11.5 Å². The molecule has 0 spiro atoms. The molecule has 5 nitrogen and oxygen atoms in total. The van der Waals surface area contributed by atoms with Crippen LogP contribution in [0.5, 0.6) is 11.5 Å². The summed E-state index contributed by atoms with van der Waals surface area (Å²) in [4.78, 5) is 2.99. The second kappa shape index (κ2) is 13.4. The number of ether oxygens (including phenoxy) is 3. The van der Waals surface area contributed by atoms with Gasteiger partial charge in [0.2, 0.25) is 0 Å². The van der Waals surface area contributed by atoms with E-state index in [4.69, 9.17) is 14.2 Å². The summed E-state index contributed by atoms with van der Waals surface area (Å²) in [5, 5.41) is 3.44. The maximum absolute atomic E-state index is 5.67. The first-order valence-electron chi connectivity index (χ1n) is 10.7.